The molecule has 0 atom stereocenters. The maximum Gasteiger partial charge on any atom is 0.389 e. The molecule has 0 aliphatic carbocycles. The summed E-state index contributed by atoms with van der Waals surface area (Å²) in [4.78, 5) is 15.9. The summed E-state index contributed by atoms with van der Waals surface area (Å²) in [5.74, 6) is -0.652. The Labute approximate surface area is 163 Å². The second-order valence-electron chi connectivity index (χ2n) is 6.77. The number of methoxy groups -OCH3 is 1. The van der Waals surface area contributed by atoms with E-state index in [4.69, 9.17) is 10.5 Å². The van der Waals surface area contributed by atoms with Gasteiger partial charge in [0.15, 0.2) is 0 Å². The van der Waals surface area contributed by atoms with Gasteiger partial charge in [0.1, 0.15) is 11.6 Å². The molecular weight excluding hydrogens is 389 g/mol. The highest BCUT2D eigenvalue weighted by Crippen LogP contribution is 2.29. The van der Waals surface area contributed by atoms with E-state index in [1.54, 1.807) is 27.7 Å². The van der Waals surface area contributed by atoms with Gasteiger partial charge in [-0.05, 0) is 26.0 Å². The first-order valence-corrected chi connectivity index (χ1v) is 8.69. The van der Waals surface area contributed by atoms with Gasteiger partial charge >= 0.3 is 6.18 Å². The molecule has 0 aromatic carbocycles. The third-order valence-electron chi connectivity index (χ3n) is 3.30. The fraction of sp³-hybridized carbons (Fsp3) is 0.750. The molecule has 0 radical (unpaired) electrons. The summed E-state index contributed by atoms with van der Waals surface area (Å²) in [6.45, 7) is 6.86. The Morgan fingerprint density at radius 2 is 1.78 bits per heavy atom. The van der Waals surface area contributed by atoms with Crippen LogP contribution in [0.4, 0.5) is 13.2 Å². The van der Waals surface area contributed by atoms with Crippen molar-refractivity contribution in [2.75, 3.05) is 19.5 Å². The lowest BCUT2D eigenvalue weighted by Crippen LogP contribution is -2.29. The number of nitrogens with zero attached hydrogens (tertiary/aromatic N) is 1. The number of hydrogen-bond donors (Lipinski definition) is 2. The van der Waals surface area contributed by atoms with Crippen molar-refractivity contribution in [1.29, 1.82) is 0 Å². The Morgan fingerprint density at radius 3 is 2.22 bits per heavy atom. The molecule has 0 heterocycles. The van der Waals surface area contributed by atoms with Gasteiger partial charge in [-0.1, -0.05) is 13.8 Å². The number of halogens is 3. The lowest BCUT2D eigenvalue weighted by atomic mass is 9.91. The van der Waals surface area contributed by atoms with Gasteiger partial charge in [0, 0.05) is 26.4 Å². The van der Waals surface area contributed by atoms with Crippen LogP contribution >= 0.6 is 11.8 Å². The number of aliphatic hydroxyl groups is 1. The average molecular weight is 423 g/mol. The van der Waals surface area contributed by atoms with Gasteiger partial charge in [-0.2, -0.15) is 18.2 Å². The third-order valence-corrected chi connectivity index (χ3v) is 4.69. The minimum absolute atomic E-state index is 0. The molecule has 7 N–H and O–H groups in total. The van der Waals surface area contributed by atoms with Gasteiger partial charge in [-0.3, -0.25) is 4.79 Å². The van der Waals surface area contributed by atoms with Crippen molar-refractivity contribution in [3.05, 3.63) is 11.8 Å². The van der Waals surface area contributed by atoms with Gasteiger partial charge < -0.3 is 26.5 Å². The number of carbonyl (C=O) groups is 1. The molecule has 7 nitrogen and oxygen atoms in total. The van der Waals surface area contributed by atoms with E-state index in [1.165, 1.54) is 13.2 Å². The van der Waals surface area contributed by atoms with Gasteiger partial charge in [-0.15, -0.1) is 11.8 Å². The molecule has 0 aliphatic rings. The third kappa shape index (κ3) is 12.7. The predicted molar refractivity (Wildman–Crippen MR) is 104 cm³/mol. The van der Waals surface area contributed by atoms with E-state index in [0.29, 0.717) is 0 Å². The Morgan fingerprint density at radius 1 is 1.26 bits per heavy atom. The fourth-order valence-electron chi connectivity index (χ4n) is 1.72. The number of alkyl halides is 3. The molecule has 164 valence electrons. The van der Waals surface area contributed by atoms with E-state index in [0.717, 1.165) is 11.8 Å². The predicted octanol–water partition coefficient (Wildman–Crippen LogP) is 2.44. The summed E-state index contributed by atoms with van der Waals surface area (Å²) in [7, 11) is 1.49. The van der Waals surface area contributed by atoms with E-state index in [1.807, 2.05) is 0 Å². The molecular formula is C16H33F3N2O5S. The van der Waals surface area contributed by atoms with Gasteiger partial charge in [0.2, 0.25) is 0 Å². The Hall–Kier alpha value is -1.30. The Balaban J connectivity index is -0.000000960. The number of carbonyl (C=O) groups excluding carboxylic acids is 1. The van der Waals surface area contributed by atoms with Crippen LogP contribution < -0.4 is 5.73 Å². The van der Waals surface area contributed by atoms with Crippen LogP contribution in [-0.4, -0.2) is 58.2 Å². The number of nitrogens with two attached hydrogens (primary N) is 1. The molecule has 27 heavy (non-hydrogen) atoms. The lowest BCUT2D eigenvalue weighted by Gasteiger charge is -2.23. The number of amidine groups is 1. The van der Waals surface area contributed by atoms with E-state index in [2.05, 4.69) is 4.99 Å². The Kier molecular flexibility index (Phi) is 13.8. The SMILES string of the molecule is COCC(C)(C)/C(O)=C/C(N)=NC(=O)C(C)(C)SCCCC(F)(F)F.O.O.[HH]. The molecule has 0 aromatic heterocycles. The van der Waals surface area contributed by atoms with Crippen molar-refractivity contribution in [1.82, 2.24) is 0 Å². The number of ether oxygens (including phenoxy) is 1. The van der Waals surface area contributed by atoms with Crippen molar-refractivity contribution in [3.8, 4) is 0 Å². The van der Waals surface area contributed by atoms with E-state index < -0.39 is 28.7 Å². The fourth-order valence-corrected chi connectivity index (χ4v) is 2.68. The van der Waals surface area contributed by atoms with Gasteiger partial charge in [0.05, 0.1) is 11.4 Å². The molecule has 0 bridgehead atoms. The van der Waals surface area contributed by atoms with Crippen molar-refractivity contribution < 1.29 is 40.2 Å². The van der Waals surface area contributed by atoms with Crippen molar-refractivity contribution in [2.24, 2.45) is 16.1 Å². The smallest absolute Gasteiger partial charge is 0.389 e. The van der Waals surface area contributed by atoms with Crippen LogP contribution in [0.5, 0.6) is 0 Å². The van der Waals surface area contributed by atoms with Crippen LogP contribution in [0.3, 0.4) is 0 Å². The maximum atomic E-state index is 12.2. The summed E-state index contributed by atoms with van der Waals surface area (Å²) in [5, 5.41) is 10.0. The zero-order valence-corrected chi connectivity index (χ0v) is 17.1. The van der Waals surface area contributed by atoms with Crippen LogP contribution in [0.2, 0.25) is 0 Å². The van der Waals surface area contributed by atoms with Crippen molar-refractivity contribution in [3.63, 3.8) is 0 Å². The highest BCUT2D eigenvalue weighted by molar-refractivity contribution is 8.01. The first kappa shape index (κ1) is 30.4. The number of aliphatic hydroxyl groups excluding tert-OH is 1. The van der Waals surface area contributed by atoms with Gasteiger partial charge in [0.25, 0.3) is 5.91 Å². The molecule has 0 unspecified atom stereocenters. The van der Waals surface area contributed by atoms with Crippen molar-refractivity contribution >= 4 is 23.5 Å². The summed E-state index contributed by atoms with van der Waals surface area (Å²) in [5.41, 5.74) is 4.98. The summed E-state index contributed by atoms with van der Waals surface area (Å²) >= 11 is 1.09. The zero-order valence-electron chi connectivity index (χ0n) is 16.2. The van der Waals surface area contributed by atoms with Crippen LogP contribution in [0.1, 0.15) is 42.0 Å². The molecule has 0 fully saturated rings. The van der Waals surface area contributed by atoms with E-state index in [9.17, 15) is 23.1 Å². The molecule has 0 aliphatic heterocycles. The van der Waals surface area contributed by atoms with E-state index >= 15 is 0 Å². The second-order valence-corrected chi connectivity index (χ2v) is 8.48. The number of amides is 1. The summed E-state index contributed by atoms with van der Waals surface area (Å²) in [6, 6.07) is 0. The molecule has 0 saturated heterocycles. The lowest BCUT2D eigenvalue weighted by molar-refractivity contribution is -0.134. The minimum Gasteiger partial charge on any atom is -0.512 e. The maximum absolute atomic E-state index is 12.2. The highest BCUT2D eigenvalue weighted by Gasteiger charge is 2.30. The normalized spacial score (nSPS) is 13.6. The summed E-state index contributed by atoms with van der Waals surface area (Å²) < 4.78 is 40.4. The molecule has 0 rings (SSSR count). The van der Waals surface area contributed by atoms with Crippen LogP contribution in [0, 0.1) is 5.41 Å². The first-order chi connectivity index (χ1) is 11.2. The average Bonchev–Trinajstić information content (AvgIpc) is 2.42. The minimum atomic E-state index is -4.20. The second kappa shape index (κ2) is 12.2. The molecule has 0 saturated carbocycles. The molecule has 11 heteroatoms. The van der Waals surface area contributed by atoms with Gasteiger partial charge in [-0.25, -0.2) is 0 Å². The highest BCUT2D eigenvalue weighted by atomic mass is 32.2. The molecule has 0 aromatic rings. The molecule has 0 spiro atoms. The van der Waals surface area contributed by atoms with Crippen molar-refractivity contribution in [2.45, 2.75) is 51.5 Å². The summed E-state index contributed by atoms with van der Waals surface area (Å²) in [6.07, 6.45) is -3.98. The van der Waals surface area contributed by atoms with Crippen LogP contribution in [-0.2, 0) is 9.53 Å². The quantitative estimate of drug-likeness (QED) is 0.253. The molecule has 1 amide bonds. The largest absolute Gasteiger partial charge is 0.512 e. The monoisotopic (exact) mass is 422 g/mol. The number of rotatable bonds is 9. The Bertz CT molecular complexity index is 527. The zero-order chi connectivity index (χ0) is 19.9. The topological polar surface area (TPSA) is 148 Å². The van der Waals surface area contributed by atoms with E-state index in [-0.39, 0.29) is 42.8 Å². The number of aliphatic imine (C=N–C) groups is 1. The first-order valence-electron chi connectivity index (χ1n) is 7.70. The number of thioether (sulfide) groups is 1. The van der Waals surface area contributed by atoms with Crippen LogP contribution in [0.15, 0.2) is 16.8 Å². The van der Waals surface area contributed by atoms with Crippen LogP contribution in [0.25, 0.3) is 0 Å². The number of hydrogen-bond acceptors (Lipinski definition) is 4. The standard InChI is InChI=1S/C16H27F3N2O3S.2H2O.H2/c1-14(2,10-24-5)11(22)9-12(20)21-13(23)15(3,4)25-8-6-7-16(17,18)19;;;/h9,22H,6-8,10H2,1-5H3,(H2,20,21,23);2*1H2;1H/b11-9-;;;.